The summed E-state index contributed by atoms with van der Waals surface area (Å²) in [5.74, 6) is 0.426. The minimum Gasteiger partial charge on any atom is -0.333 e. The molecule has 66 valence electrons. The molecule has 0 radical (unpaired) electrons. The molecule has 1 atom stereocenters. The number of rotatable bonds is 4. The SMILES string of the molecule is O=CCC1CCC=C(NC=O)C1. The molecule has 12 heavy (non-hydrogen) atoms. The Morgan fingerprint density at radius 2 is 2.42 bits per heavy atom. The van der Waals surface area contributed by atoms with E-state index in [0.29, 0.717) is 18.7 Å². The molecule has 0 aromatic heterocycles. The predicted molar refractivity (Wildman–Crippen MR) is 45.3 cm³/mol. The number of carbonyl (C=O) groups excluding carboxylic acids is 2. The number of amides is 1. The Hall–Kier alpha value is -1.12. The molecule has 3 nitrogen and oxygen atoms in total. The molecule has 0 spiro atoms. The summed E-state index contributed by atoms with van der Waals surface area (Å²) in [6.07, 6.45) is 7.13. The lowest BCUT2D eigenvalue weighted by Crippen LogP contribution is -2.17. The lowest BCUT2D eigenvalue weighted by Gasteiger charge is -2.19. The van der Waals surface area contributed by atoms with E-state index in [9.17, 15) is 9.59 Å². The van der Waals surface area contributed by atoms with Crippen molar-refractivity contribution >= 4 is 12.7 Å². The van der Waals surface area contributed by atoms with Gasteiger partial charge in [-0.2, -0.15) is 0 Å². The third kappa shape index (κ3) is 2.49. The lowest BCUT2D eigenvalue weighted by atomic mass is 9.90. The number of carbonyl (C=O) groups is 2. The summed E-state index contributed by atoms with van der Waals surface area (Å²) < 4.78 is 0. The van der Waals surface area contributed by atoms with Crippen LogP contribution in [0.25, 0.3) is 0 Å². The smallest absolute Gasteiger partial charge is 0.211 e. The van der Waals surface area contributed by atoms with Crippen molar-refractivity contribution in [3.8, 4) is 0 Å². The first-order valence-corrected chi connectivity index (χ1v) is 4.19. The molecule has 0 aromatic rings. The third-order valence-electron chi connectivity index (χ3n) is 2.15. The summed E-state index contributed by atoms with van der Waals surface area (Å²) in [6.45, 7) is 0. The molecular formula is C9H13NO2. The van der Waals surface area contributed by atoms with Gasteiger partial charge in [-0.3, -0.25) is 4.79 Å². The molecule has 0 bridgehead atoms. The molecule has 0 aromatic carbocycles. The van der Waals surface area contributed by atoms with E-state index in [1.807, 2.05) is 6.08 Å². The first kappa shape index (κ1) is 8.97. The number of aldehydes is 1. The number of hydrogen-bond donors (Lipinski definition) is 1. The van der Waals surface area contributed by atoms with Crippen LogP contribution < -0.4 is 5.32 Å². The zero-order valence-corrected chi connectivity index (χ0v) is 6.95. The molecular weight excluding hydrogens is 154 g/mol. The summed E-state index contributed by atoms with van der Waals surface area (Å²) in [6, 6.07) is 0. The molecule has 1 rings (SSSR count). The summed E-state index contributed by atoms with van der Waals surface area (Å²) >= 11 is 0. The number of nitrogens with one attached hydrogen (secondary N) is 1. The first-order chi connectivity index (χ1) is 5.86. The fraction of sp³-hybridized carbons (Fsp3) is 0.556. The molecule has 0 saturated carbocycles. The zero-order valence-electron chi connectivity index (χ0n) is 6.95. The Morgan fingerprint density at radius 1 is 1.58 bits per heavy atom. The van der Waals surface area contributed by atoms with Gasteiger partial charge in [0.1, 0.15) is 6.29 Å². The lowest BCUT2D eigenvalue weighted by molar-refractivity contribution is -0.109. The van der Waals surface area contributed by atoms with Crippen molar-refractivity contribution in [1.82, 2.24) is 5.32 Å². The summed E-state index contributed by atoms with van der Waals surface area (Å²) in [5.41, 5.74) is 0.961. The molecule has 0 saturated heterocycles. The van der Waals surface area contributed by atoms with Gasteiger partial charge in [-0.15, -0.1) is 0 Å². The van der Waals surface area contributed by atoms with E-state index in [0.717, 1.165) is 31.2 Å². The second kappa shape index (κ2) is 4.70. The quantitative estimate of drug-likeness (QED) is 0.635. The van der Waals surface area contributed by atoms with Gasteiger partial charge in [0.25, 0.3) is 0 Å². The van der Waals surface area contributed by atoms with Gasteiger partial charge >= 0.3 is 0 Å². The fourth-order valence-electron chi connectivity index (χ4n) is 1.52. The van der Waals surface area contributed by atoms with Crippen LogP contribution in [0.15, 0.2) is 11.8 Å². The standard InChI is InChI=1S/C9H13NO2/c11-5-4-8-2-1-3-9(6-8)10-7-12/h3,5,7-8H,1-2,4,6H2,(H,10,12). The van der Waals surface area contributed by atoms with Gasteiger partial charge in [0.15, 0.2) is 0 Å². The summed E-state index contributed by atoms with van der Waals surface area (Å²) in [5, 5.41) is 2.64. The molecule has 1 unspecified atom stereocenters. The first-order valence-electron chi connectivity index (χ1n) is 4.19. The zero-order chi connectivity index (χ0) is 8.81. The minimum atomic E-state index is 0.426. The van der Waals surface area contributed by atoms with Crippen LogP contribution in [0.1, 0.15) is 25.7 Å². The highest BCUT2D eigenvalue weighted by Gasteiger charge is 2.14. The second-order valence-electron chi connectivity index (χ2n) is 3.04. The molecule has 0 fully saturated rings. The Balaban J connectivity index is 2.41. The van der Waals surface area contributed by atoms with Crippen LogP contribution in [-0.2, 0) is 9.59 Å². The maximum atomic E-state index is 10.2. The van der Waals surface area contributed by atoms with Crippen molar-refractivity contribution in [1.29, 1.82) is 0 Å². The van der Waals surface area contributed by atoms with Gasteiger partial charge in [0.2, 0.25) is 6.41 Å². The molecule has 3 heteroatoms. The highest BCUT2D eigenvalue weighted by molar-refractivity contribution is 5.51. The predicted octanol–water partition coefficient (Wildman–Crippen LogP) is 1.01. The molecule has 0 aliphatic heterocycles. The van der Waals surface area contributed by atoms with E-state index in [1.54, 1.807) is 0 Å². The van der Waals surface area contributed by atoms with Crippen LogP contribution in [0.3, 0.4) is 0 Å². The second-order valence-corrected chi connectivity index (χ2v) is 3.04. The van der Waals surface area contributed by atoms with Crippen LogP contribution in [0.4, 0.5) is 0 Å². The average Bonchev–Trinajstić information content (AvgIpc) is 2.06. The van der Waals surface area contributed by atoms with Crippen molar-refractivity contribution in [3.05, 3.63) is 11.8 Å². The van der Waals surface area contributed by atoms with E-state index >= 15 is 0 Å². The average molecular weight is 167 g/mol. The van der Waals surface area contributed by atoms with E-state index in [1.165, 1.54) is 0 Å². The molecule has 0 heterocycles. The van der Waals surface area contributed by atoms with Crippen LogP contribution in [-0.4, -0.2) is 12.7 Å². The molecule has 1 aliphatic rings. The highest BCUT2D eigenvalue weighted by atomic mass is 16.1. The Morgan fingerprint density at radius 3 is 3.08 bits per heavy atom. The topological polar surface area (TPSA) is 46.2 Å². The van der Waals surface area contributed by atoms with E-state index < -0.39 is 0 Å². The van der Waals surface area contributed by atoms with Crippen LogP contribution in [0, 0.1) is 5.92 Å². The molecule has 1 amide bonds. The van der Waals surface area contributed by atoms with Crippen molar-refractivity contribution in [2.75, 3.05) is 0 Å². The van der Waals surface area contributed by atoms with Crippen LogP contribution in [0.2, 0.25) is 0 Å². The van der Waals surface area contributed by atoms with E-state index in [2.05, 4.69) is 5.32 Å². The fourth-order valence-corrected chi connectivity index (χ4v) is 1.52. The number of hydrogen-bond acceptors (Lipinski definition) is 2. The Labute approximate surface area is 71.8 Å². The van der Waals surface area contributed by atoms with Gasteiger partial charge in [0, 0.05) is 12.1 Å². The normalized spacial score (nSPS) is 22.7. The minimum absolute atomic E-state index is 0.426. The van der Waals surface area contributed by atoms with Gasteiger partial charge in [-0.1, -0.05) is 6.08 Å². The van der Waals surface area contributed by atoms with E-state index in [4.69, 9.17) is 0 Å². The van der Waals surface area contributed by atoms with Gasteiger partial charge in [0.05, 0.1) is 0 Å². The van der Waals surface area contributed by atoms with Crippen LogP contribution in [0.5, 0.6) is 0 Å². The van der Waals surface area contributed by atoms with Gasteiger partial charge in [-0.25, -0.2) is 0 Å². The van der Waals surface area contributed by atoms with Gasteiger partial charge in [-0.05, 0) is 25.2 Å². The van der Waals surface area contributed by atoms with E-state index in [-0.39, 0.29) is 0 Å². The largest absolute Gasteiger partial charge is 0.333 e. The highest BCUT2D eigenvalue weighted by Crippen LogP contribution is 2.23. The summed E-state index contributed by atoms with van der Waals surface area (Å²) in [7, 11) is 0. The maximum Gasteiger partial charge on any atom is 0.211 e. The molecule has 1 aliphatic carbocycles. The maximum absolute atomic E-state index is 10.2. The Kier molecular flexibility index (Phi) is 3.51. The monoisotopic (exact) mass is 167 g/mol. The Bertz CT molecular complexity index is 199. The van der Waals surface area contributed by atoms with Crippen molar-refractivity contribution in [2.45, 2.75) is 25.7 Å². The molecule has 1 N–H and O–H groups in total. The third-order valence-corrected chi connectivity index (χ3v) is 2.15. The van der Waals surface area contributed by atoms with Crippen molar-refractivity contribution < 1.29 is 9.59 Å². The summed E-state index contributed by atoms with van der Waals surface area (Å²) in [4.78, 5) is 20.3. The van der Waals surface area contributed by atoms with Crippen molar-refractivity contribution in [3.63, 3.8) is 0 Å². The van der Waals surface area contributed by atoms with Crippen LogP contribution >= 0.6 is 0 Å². The van der Waals surface area contributed by atoms with Gasteiger partial charge < -0.3 is 10.1 Å². The number of allylic oxidation sites excluding steroid dienone is 2. The van der Waals surface area contributed by atoms with Crippen molar-refractivity contribution in [2.24, 2.45) is 5.92 Å².